The van der Waals surface area contributed by atoms with E-state index < -0.39 is 49.6 Å². The lowest BCUT2D eigenvalue weighted by Gasteiger charge is -2.15. The molecule has 0 amide bonds. The van der Waals surface area contributed by atoms with Crippen molar-refractivity contribution in [1.29, 1.82) is 0 Å². The summed E-state index contributed by atoms with van der Waals surface area (Å²) in [5.41, 5.74) is 0.225. The smallest absolute Gasteiger partial charge is 0.333 e. The number of aromatic nitrogens is 1. The molecule has 1 aromatic heterocycles. The molecule has 0 spiro atoms. The third-order valence-electron chi connectivity index (χ3n) is 5.08. The van der Waals surface area contributed by atoms with Crippen molar-refractivity contribution in [3.63, 3.8) is 0 Å². The summed E-state index contributed by atoms with van der Waals surface area (Å²) in [5, 5.41) is 10.8. The monoisotopic (exact) mass is 487 g/mol. The molecule has 0 aliphatic carbocycles. The van der Waals surface area contributed by atoms with Gasteiger partial charge in [0.15, 0.2) is 0 Å². The van der Waals surface area contributed by atoms with Crippen LogP contribution in [0.25, 0.3) is 10.9 Å². The Bertz CT molecular complexity index is 1370. The number of rotatable bonds is 4. The molecule has 2 heterocycles. The summed E-state index contributed by atoms with van der Waals surface area (Å²) < 4.78 is 60.0. The van der Waals surface area contributed by atoms with Crippen molar-refractivity contribution < 1.29 is 31.8 Å². The van der Waals surface area contributed by atoms with E-state index >= 15 is 0 Å². The number of ether oxygens (including phenoxy) is 1. The van der Waals surface area contributed by atoms with E-state index in [1.807, 2.05) is 0 Å². The van der Waals surface area contributed by atoms with E-state index in [2.05, 4.69) is 6.58 Å². The average Bonchev–Trinajstić information content (AvgIpc) is 3.25. The lowest BCUT2D eigenvalue weighted by Crippen LogP contribution is -2.16. The van der Waals surface area contributed by atoms with Gasteiger partial charge in [-0.2, -0.15) is 0 Å². The molecule has 2 unspecified atom stereocenters. The van der Waals surface area contributed by atoms with Crippen molar-refractivity contribution in [2.75, 3.05) is 6.61 Å². The first-order valence-electron chi connectivity index (χ1n) is 8.77. The molecule has 2 aromatic carbocycles. The van der Waals surface area contributed by atoms with Crippen LogP contribution in [0.1, 0.15) is 11.7 Å². The van der Waals surface area contributed by atoms with Gasteiger partial charge in [-0.1, -0.05) is 29.8 Å². The molecule has 1 saturated heterocycles. The Morgan fingerprint density at radius 1 is 1.19 bits per heavy atom. The largest absolute Gasteiger partial charge is 0.462 e. The maximum Gasteiger partial charge on any atom is 0.333 e. The number of halogens is 4. The number of aliphatic hydroxyl groups excluding tert-OH is 1. The van der Waals surface area contributed by atoms with Crippen LogP contribution >= 0.6 is 23.2 Å². The van der Waals surface area contributed by atoms with Gasteiger partial charge in [-0.3, -0.25) is 0 Å². The molecule has 0 saturated carbocycles. The first-order chi connectivity index (χ1) is 14.5. The van der Waals surface area contributed by atoms with Crippen LogP contribution in [0.3, 0.4) is 0 Å². The first-order valence-corrected chi connectivity index (χ1v) is 11.0. The van der Waals surface area contributed by atoms with Gasteiger partial charge in [-0.25, -0.2) is 26.0 Å². The van der Waals surface area contributed by atoms with Crippen molar-refractivity contribution >= 4 is 50.1 Å². The molecule has 0 bridgehead atoms. The highest BCUT2D eigenvalue weighted by molar-refractivity contribution is 7.90. The summed E-state index contributed by atoms with van der Waals surface area (Å²) in [6, 6.07) is 5.26. The molecule has 6 nitrogen and oxygen atoms in total. The minimum atomic E-state index is -4.59. The zero-order valence-electron chi connectivity index (χ0n) is 15.5. The summed E-state index contributed by atoms with van der Waals surface area (Å²) in [6.45, 7) is 3.47. The van der Waals surface area contributed by atoms with Crippen LogP contribution in [0.2, 0.25) is 10.0 Å². The summed E-state index contributed by atoms with van der Waals surface area (Å²) in [4.78, 5) is 10.8. The molecule has 1 aliphatic rings. The van der Waals surface area contributed by atoms with E-state index in [0.717, 1.165) is 10.2 Å². The molecule has 162 valence electrons. The Hall–Kier alpha value is -2.46. The number of esters is 1. The second-order valence-electron chi connectivity index (χ2n) is 6.92. The lowest BCUT2D eigenvalue weighted by molar-refractivity contribution is -0.135. The van der Waals surface area contributed by atoms with Crippen molar-refractivity contribution in [1.82, 2.24) is 3.97 Å². The topological polar surface area (TPSA) is 85.6 Å². The van der Waals surface area contributed by atoms with E-state index in [0.29, 0.717) is 12.1 Å². The van der Waals surface area contributed by atoms with E-state index in [-0.39, 0.29) is 33.7 Å². The predicted molar refractivity (Wildman–Crippen MR) is 109 cm³/mol. The van der Waals surface area contributed by atoms with Gasteiger partial charge in [-0.15, -0.1) is 0 Å². The minimum absolute atomic E-state index is 0.0367. The average molecular weight is 488 g/mol. The predicted octanol–water partition coefficient (Wildman–Crippen LogP) is 4.23. The maximum absolute atomic E-state index is 14.4. The maximum atomic E-state index is 14.4. The highest BCUT2D eigenvalue weighted by Crippen LogP contribution is 2.39. The number of benzene rings is 2. The fraction of sp³-hybridized carbons (Fsp3) is 0.150. The second-order valence-corrected chi connectivity index (χ2v) is 9.55. The zero-order valence-corrected chi connectivity index (χ0v) is 17.8. The van der Waals surface area contributed by atoms with Crippen LogP contribution < -0.4 is 0 Å². The quantitative estimate of drug-likeness (QED) is 0.338. The molecule has 31 heavy (non-hydrogen) atoms. The SMILES string of the molecule is C=C1C(=O)OCC1C(O)c1cn(S(=O)(=O)c2cc(Cl)c(F)cc2F)c2ccc(Cl)cc12. The summed E-state index contributed by atoms with van der Waals surface area (Å²) >= 11 is 11.7. The van der Waals surface area contributed by atoms with Crippen LogP contribution in [0, 0.1) is 17.6 Å². The molecular weight excluding hydrogens is 475 g/mol. The van der Waals surface area contributed by atoms with E-state index in [1.165, 1.54) is 18.2 Å². The molecular formula is C20H13Cl2F2NO5S. The molecule has 0 radical (unpaired) electrons. The van der Waals surface area contributed by atoms with Crippen LogP contribution in [0.4, 0.5) is 8.78 Å². The summed E-state index contributed by atoms with van der Waals surface area (Å²) in [6.07, 6.45) is -0.272. The molecule has 4 rings (SSSR count). The number of cyclic esters (lactones) is 1. The fourth-order valence-electron chi connectivity index (χ4n) is 3.45. The normalized spacial score (nSPS) is 17.9. The highest BCUT2D eigenvalue weighted by atomic mass is 35.5. The number of hydrogen-bond donors (Lipinski definition) is 1. The Kier molecular flexibility index (Phi) is 5.33. The molecule has 11 heteroatoms. The van der Waals surface area contributed by atoms with Gasteiger partial charge in [0.1, 0.15) is 23.1 Å². The van der Waals surface area contributed by atoms with Gasteiger partial charge in [0, 0.05) is 33.8 Å². The van der Waals surface area contributed by atoms with E-state index in [4.69, 9.17) is 27.9 Å². The van der Waals surface area contributed by atoms with E-state index in [1.54, 1.807) is 0 Å². The molecule has 1 N–H and O–H groups in total. The third-order valence-corrected chi connectivity index (χ3v) is 7.29. The number of carbonyl (C=O) groups excluding carboxylic acids is 1. The van der Waals surface area contributed by atoms with Gasteiger partial charge < -0.3 is 9.84 Å². The Labute approximate surface area is 185 Å². The van der Waals surface area contributed by atoms with Crippen LogP contribution in [-0.4, -0.2) is 30.1 Å². The van der Waals surface area contributed by atoms with Crippen LogP contribution in [0.5, 0.6) is 0 Å². The lowest BCUT2D eigenvalue weighted by atomic mass is 9.92. The minimum Gasteiger partial charge on any atom is -0.462 e. The number of nitrogens with zero attached hydrogens (tertiary/aromatic N) is 1. The van der Waals surface area contributed by atoms with Crippen molar-refractivity contribution in [3.05, 3.63) is 75.9 Å². The first kappa shape index (κ1) is 21.8. The Morgan fingerprint density at radius 3 is 2.55 bits per heavy atom. The second kappa shape index (κ2) is 7.59. The summed E-state index contributed by atoms with van der Waals surface area (Å²) in [5.74, 6) is -3.92. The van der Waals surface area contributed by atoms with Crippen molar-refractivity contribution in [2.45, 2.75) is 11.0 Å². The molecule has 3 aromatic rings. The van der Waals surface area contributed by atoms with Gasteiger partial charge in [-0.05, 0) is 24.3 Å². The van der Waals surface area contributed by atoms with Crippen LogP contribution in [-0.2, 0) is 19.6 Å². The number of fused-ring (bicyclic) bond motifs is 1. The molecule has 2 atom stereocenters. The molecule has 1 aliphatic heterocycles. The van der Waals surface area contributed by atoms with Crippen LogP contribution in [0.15, 0.2) is 53.6 Å². The van der Waals surface area contributed by atoms with Gasteiger partial charge in [0.25, 0.3) is 10.0 Å². The number of carbonyl (C=O) groups is 1. The Morgan fingerprint density at radius 2 is 1.90 bits per heavy atom. The Balaban J connectivity index is 1.93. The van der Waals surface area contributed by atoms with Gasteiger partial charge in [0.2, 0.25) is 0 Å². The number of hydrogen-bond acceptors (Lipinski definition) is 5. The van der Waals surface area contributed by atoms with Gasteiger partial charge in [0.05, 0.1) is 22.6 Å². The fourth-order valence-corrected chi connectivity index (χ4v) is 5.30. The van der Waals surface area contributed by atoms with Crippen molar-refractivity contribution in [2.24, 2.45) is 5.92 Å². The zero-order chi connectivity index (χ0) is 22.7. The highest BCUT2D eigenvalue weighted by Gasteiger charge is 2.37. The standard InChI is InChI=1S/C20H13Cl2F2NO5S/c1-9-13(8-30-20(9)27)19(26)12-7-25(17-3-2-10(21)4-11(12)17)31(28,29)18-5-14(22)15(23)6-16(18)24/h2-7,13,19,26H,1,8H2. The molecule has 1 fully saturated rings. The van der Waals surface area contributed by atoms with E-state index in [9.17, 15) is 27.1 Å². The third kappa shape index (κ3) is 3.51. The summed E-state index contributed by atoms with van der Waals surface area (Å²) in [7, 11) is -4.59. The van der Waals surface area contributed by atoms with Gasteiger partial charge >= 0.3 is 5.97 Å². The van der Waals surface area contributed by atoms with Crippen molar-refractivity contribution in [3.8, 4) is 0 Å². The number of aliphatic hydroxyl groups is 1.